The summed E-state index contributed by atoms with van der Waals surface area (Å²) in [5.41, 5.74) is 2.29. The maximum atomic E-state index is 13.2. The Labute approximate surface area is 132 Å². The van der Waals surface area contributed by atoms with Gasteiger partial charge in [-0.25, -0.2) is 0 Å². The van der Waals surface area contributed by atoms with E-state index >= 15 is 0 Å². The number of carbonyl (C=O) groups excluding carboxylic acids is 1. The van der Waals surface area contributed by atoms with Crippen molar-refractivity contribution in [1.29, 1.82) is 0 Å². The Balaban J connectivity index is 1.97. The van der Waals surface area contributed by atoms with E-state index in [1.165, 1.54) is 0 Å². The molecule has 1 aliphatic heterocycles. The smallest absolute Gasteiger partial charge is 0.200 e. The van der Waals surface area contributed by atoms with Crippen LogP contribution in [0.1, 0.15) is 21.6 Å². The number of aromatic amines is 1. The molecule has 4 rings (SSSR count). The van der Waals surface area contributed by atoms with Gasteiger partial charge in [0.15, 0.2) is 5.54 Å². The van der Waals surface area contributed by atoms with E-state index in [2.05, 4.69) is 10.3 Å². The summed E-state index contributed by atoms with van der Waals surface area (Å²) in [6.07, 6.45) is 1.82. The molecule has 2 heterocycles. The Kier molecular flexibility index (Phi) is 2.84. The molecule has 0 saturated heterocycles. The summed E-state index contributed by atoms with van der Waals surface area (Å²) in [7, 11) is 0. The van der Waals surface area contributed by atoms with Crippen molar-refractivity contribution in [1.82, 2.24) is 4.98 Å². The van der Waals surface area contributed by atoms with Crippen molar-refractivity contribution in [2.75, 3.05) is 5.32 Å². The molecule has 1 aromatic heterocycles. The minimum Gasteiger partial charge on any atom is -0.363 e. The molecule has 1 atom stereocenters. The van der Waals surface area contributed by atoms with Crippen molar-refractivity contribution in [3.05, 3.63) is 88.7 Å². The fourth-order valence-corrected chi connectivity index (χ4v) is 3.19. The number of H-pyrrole nitrogens is 1. The van der Waals surface area contributed by atoms with Gasteiger partial charge < -0.3 is 10.3 Å². The molecule has 0 radical (unpaired) electrons. The first-order valence-corrected chi connectivity index (χ1v) is 7.41. The van der Waals surface area contributed by atoms with Gasteiger partial charge in [0.2, 0.25) is 5.78 Å². The number of fused-ring (bicyclic) bond motifs is 1. The highest BCUT2D eigenvalue weighted by Gasteiger charge is 2.48. The van der Waals surface area contributed by atoms with E-state index in [-0.39, 0.29) is 5.78 Å². The Morgan fingerprint density at radius 3 is 2.36 bits per heavy atom. The zero-order valence-electron chi connectivity index (χ0n) is 11.6. The van der Waals surface area contributed by atoms with E-state index in [4.69, 9.17) is 11.6 Å². The van der Waals surface area contributed by atoms with Gasteiger partial charge >= 0.3 is 0 Å². The second-order valence-electron chi connectivity index (χ2n) is 5.34. The Morgan fingerprint density at radius 1 is 0.909 bits per heavy atom. The number of anilines is 1. The number of nitrogens with one attached hydrogen (secondary N) is 2. The Morgan fingerprint density at radius 2 is 1.68 bits per heavy atom. The molecule has 4 heteroatoms. The third-order valence-corrected chi connectivity index (χ3v) is 4.37. The van der Waals surface area contributed by atoms with Gasteiger partial charge in [-0.2, -0.15) is 0 Å². The minimum absolute atomic E-state index is 0.0351. The number of aromatic nitrogens is 1. The fourth-order valence-electron chi connectivity index (χ4n) is 3.06. The lowest BCUT2D eigenvalue weighted by molar-refractivity contribution is 0.0939. The third-order valence-electron chi connectivity index (χ3n) is 4.11. The Hall–Kier alpha value is -2.52. The maximum Gasteiger partial charge on any atom is 0.200 e. The number of para-hydroxylation sites is 1. The van der Waals surface area contributed by atoms with E-state index in [9.17, 15) is 4.79 Å². The van der Waals surface area contributed by atoms with Crippen LogP contribution in [-0.4, -0.2) is 10.8 Å². The van der Waals surface area contributed by atoms with Gasteiger partial charge in [0.1, 0.15) is 0 Å². The van der Waals surface area contributed by atoms with Crippen LogP contribution in [0, 0.1) is 0 Å². The van der Waals surface area contributed by atoms with Crippen LogP contribution in [0.15, 0.2) is 66.9 Å². The molecule has 0 fully saturated rings. The second kappa shape index (κ2) is 4.75. The molecule has 0 amide bonds. The molecule has 108 valence electrons. The van der Waals surface area contributed by atoms with E-state index in [0.717, 1.165) is 16.9 Å². The standard InChI is InChI=1S/C18H13ClN2O/c19-13-9-7-12(8-10-13)18(16-6-3-11-20-16)17(22)14-4-1-2-5-15(14)21-18/h1-11,20-21H/t18-/m1/s1. The van der Waals surface area contributed by atoms with Gasteiger partial charge in [0.25, 0.3) is 0 Å². The zero-order valence-corrected chi connectivity index (χ0v) is 12.4. The monoisotopic (exact) mass is 308 g/mol. The van der Waals surface area contributed by atoms with Gasteiger partial charge in [-0.15, -0.1) is 0 Å². The van der Waals surface area contributed by atoms with E-state index in [0.29, 0.717) is 10.6 Å². The molecule has 3 aromatic rings. The van der Waals surface area contributed by atoms with Crippen LogP contribution in [-0.2, 0) is 5.54 Å². The molecule has 22 heavy (non-hydrogen) atoms. The summed E-state index contributed by atoms with van der Waals surface area (Å²) >= 11 is 6.00. The summed E-state index contributed by atoms with van der Waals surface area (Å²) in [5, 5.41) is 4.06. The van der Waals surface area contributed by atoms with E-state index in [1.54, 1.807) is 12.1 Å². The molecule has 1 aliphatic rings. The Bertz CT molecular complexity index is 840. The van der Waals surface area contributed by atoms with Crippen LogP contribution >= 0.6 is 11.6 Å². The highest BCUT2D eigenvalue weighted by atomic mass is 35.5. The van der Waals surface area contributed by atoms with E-state index < -0.39 is 5.54 Å². The van der Waals surface area contributed by atoms with Crippen LogP contribution in [0.25, 0.3) is 0 Å². The normalized spacial score (nSPS) is 19.8. The summed E-state index contributed by atoms with van der Waals surface area (Å²) < 4.78 is 0. The van der Waals surface area contributed by atoms with Crippen LogP contribution < -0.4 is 5.32 Å². The SMILES string of the molecule is O=C1c2ccccc2N[C@]1(c1ccc(Cl)cc1)c1ccc[nH]1. The maximum absolute atomic E-state index is 13.2. The molecule has 0 saturated carbocycles. The number of ketones is 1. The van der Waals surface area contributed by atoms with Crippen molar-refractivity contribution in [3.8, 4) is 0 Å². The summed E-state index contributed by atoms with van der Waals surface area (Å²) in [4.78, 5) is 16.4. The molecule has 0 aliphatic carbocycles. The molecule has 2 aromatic carbocycles. The number of hydrogen-bond acceptors (Lipinski definition) is 2. The average molecular weight is 309 g/mol. The first kappa shape index (κ1) is 13.2. The van der Waals surface area contributed by atoms with Crippen molar-refractivity contribution in [3.63, 3.8) is 0 Å². The highest BCUT2D eigenvalue weighted by Crippen LogP contribution is 2.43. The number of Topliss-reactive ketones (excluding diaryl/α,β-unsaturated/α-hetero) is 1. The van der Waals surface area contributed by atoms with Gasteiger partial charge in [-0.1, -0.05) is 35.9 Å². The molecule has 0 bridgehead atoms. The molecule has 0 unspecified atom stereocenters. The van der Waals surface area contributed by atoms with Gasteiger partial charge in [-0.05, 0) is 42.0 Å². The summed E-state index contributed by atoms with van der Waals surface area (Å²) in [6.45, 7) is 0. The van der Waals surface area contributed by atoms with E-state index in [1.807, 2.05) is 54.7 Å². The first-order chi connectivity index (χ1) is 10.7. The molecular weight excluding hydrogens is 296 g/mol. The van der Waals surface area contributed by atoms with Crippen molar-refractivity contribution < 1.29 is 4.79 Å². The van der Waals surface area contributed by atoms with Gasteiger partial charge in [-0.3, -0.25) is 4.79 Å². The van der Waals surface area contributed by atoms with Crippen LogP contribution in [0.4, 0.5) is 5.69 Å². The van der Waals surface area contributed by atoms with Crippen LogP contribution in [0.3, 0.4) is 0 Å². The predicted molar refractivity (Wildman–Crippen MR) is 87.4 cm³/mol. The lowest BCUT2D eigenvalue weighted by Gasteiger charge is -2.28. The topological polar surface area (TPSA) is 44.9 Å². The minimum atomic E-state index is -0.933. The summed E-state index contributed by atoms with van der Waals surface area (Å²) in [5.74, 6) is 0.0351. The van der Waals surface area contributed by atoms with Gasteiger partial charge in [0.05, 0.1) is 5.69 Å². The highest BCUT2D eigenvalue weighted by molar-refractivity contribution is 6.30. The predicted octanol–water partition coefficient (Wildman–Crippen LogP) is 4.22. The average Bonchev–Trinajstić information content (AvgIpc) is 3.16. The summed E-state index contributed by atoms with van der Waals surface area (Å²) in [6, 6.07) is 18.8. The number of rotatable bonds is 2. The first-order valence-electron chi connectivity index (χ1n) is 7.04. The largest absolute Gasteiger partial charge is 0.363 e. The number of carbonyl (C=O) groups is 1. The quantitative estimate of drug-likeness (QED) is 0.744. The lowest BCUT2D eigenvalue weighted by atomic mass is 9.83. The second-order valence-corrected chi connectivity index (χ2v) is 5.78. The zero-order chi connectivity index (χ0) is 15.2. The van der Waals surface area contributed by atoms with Crippen molar-refractivity contribution in [2.24, 2.45) is 0 Å². The van der Waals surface area contributed by atoms with Crippen molar-refractivity contribution >= 4 is 23.1 Å². The fraction of sp³-hybridized carbons (Fsp3) is 0.0556. The van der Waals surface area contributed by atoms with Crippen molar-refractivity contribution in [2.45, 2.75) is 5.54 Å². The molecule has 0 spiro atoms. The molecular formula is C18H13ClN2O. The molecule has 3 nitrogen and oxygen atoms in total. The molecule has 2 N–H and O–H groups in total. The van der Waals surface area contributed by atoms with Crippen LogP contribution in [0.2, 0.25) is 5.02 Å². The van der Waals surface area contributed by atoms with Crippen LogP contribution in [0.5, 0.6) is 0 Å². The van der Waals surface area contributed by atoms with Gasteiger partial charge in [0, 0.05) is 22.5 Å². The number of hydrogen-bond donors (Lipinski definition) is 2. The third kappa shape index (κ3) is 1.72. The number of benzene rings is 2. The number of halogens is 1. The lowest BCUT2D eigenvalue weighted by Crippen LogP contribution is -2.40.